The molecule has 1 saturated carbocycles. The number of aryl methyl sites for hydroxylation is 1. The Morgan fingerprint density at radius 1 is 1.00 bits per heavy atom. The number of hydrogen-bond acceptors (Lipinski definition) is 1. The molecule has 1 aliphatic rings. The molecule has 1 atom stereocenters. The number of benzene rings is 1. The largest absolute Gasteiger partial charge is 0.324 e. The zero-order chi connectivity index (χ0) is 15.1. The molecule has 0 saturated heterocycles. The van der Waals surface area contributed by atoms with E-state index in [1.807, 2.05) is 0 Å². The van der Waals surface area contributed by atoms with Crippen LogP contribution in [0.25, 0.3) is 0 Å². The van der Waals surface area contributed by atoms with Crippen LogP contribution >= 0.6 is 0 Å². The van der Waals surface area contributed by atoms with E-state index >= 15 is 0 Å². The van der Waals surface area contributed by atoms with Gasteiger partial charge in [0.15, 0.2) is 0 Å². The van der Waals surface area contributed by atoms with Crippen molar-refractivity contribution in [2.75, 3.05) is 0 Å². The van der Waals surface area contributed by atoms with Crippen molar-refractivity contribution in [3.63, 3.8) is 0 Å². The maximum absolute atomic E-state index is 6.54. The predicted octanol–water partition coefficient (Wildman–Crippen LogP) is 5.64. The monoisotopic (exact) mass is 287 g/mol. The molecule has 0 radical (unpaired) electrons. The third kappa shape index (κ3) is 4.85. The van der Waals surface area contributed by atoms with Gasteiger partial charge in [-0.25, -0.2) is 0 Å². The van der Waals surface area contributed by atoms with Crippen LogP contribution in [0.3, 0.4) is 0 Å². The molecule has 1 heteroatoms. The van der Waals surface area contributed by atoms with Gasteiger partial charge in [-0.1, -0.05) is 76.6 Å². The van der Waals surface area contributed by atoms with Crippen LogP contribution in [0, 0.1) is 11.8 Å². The normalized spacial score (nSPS) is 24.0. The van der Waals surface area contributed by atoms with Crippen LogP contribution in [-0.2, 0) is 6.42 Å². The molecule has 1 aromatic carbocycles. The number of unbranched alkanes of at least 4 members (excludes halogenated alkanes) is 1. The second-order valence-electron chi connectivity index (χ2n) is 6.94. The lowest BCUT2D eigenvalue weighted by Gasteiger charge is -2.32. The Hall–Kier alpha value is -0.820. The van der Waals surface area contributed by atoms with Crippen molar-refractivity contribution in [1.29, 1.82) is 0 Å². The van der Waals surface area contributed by atoms with Crippen molar-refractivity contribution in [2.24, 2.45) is 17.6 Å². The highest BCUT2D eigenvalue weighted by molar-refractivity contribution is 5.25. The molecule has 0 aliphatic heterocycles. The number of nitrogens with two attached hydrogens (primary N) is 1. The fourth-order valence-electron chi connectivity index (χ4n) is 3.80. The molecule has 0 spiro atoms. The predicted molar refractivity (Wildman–Crippen MR) is 92.3 cm³/mol. The first-order valence-electron chi connectivity index (χ1n) is 9.09. The minimum atomic E-state index is 0.243. The molecule has 2 rings (SSSR count). The lowest BCUT2D eigenvalue weighted by atomic mass is 9.75. The summed E-state index contributed by atoms with van der Waals surface area (Å²) in [4.78, 5) is 0. The molecule has 1 fully saturated rings. The van der Waals surface area contributed by atoms with E-state index in [1.54, 1.807) is 0 Å². The summed E-state index contributed by atoms with van der Waals surface area (Å²) in [5.41, 5.74) is 9.32. The first-order chi connectivity index (χ1) is 10.2. The second kappa shape index (κ2) is 8.58. The van der Waals surface area contributed by atoms with E-state index in [2.05, 4.69) is 38.1 Å². The Labute approximate surface area is 131 Å². The summed E-state index contributed by atoms with van der Waals surface area (Å²) in [7, 11) is 0. The summed E-state index contributed by atoms with van der Waals surface area (Å²) in [6.07, 6.45) is 12.0. The van der Waals surface area contributed by atoms with Gasteiger partial charge in [0.25, 0.3) is 0 Å². The summed E-state index contributed by atoms with van der Waals surface area (Å²) in [5.74, 6) is 1.67. The van der Waals surface area contributed by atoms with Crippen LogP contribution < -0.4 is 5.73 Å². The highest BCUT2D eigenvalue weighted by Gasteiger charge is 2.26. The van der Waals surface area contributed by atoms with Gasteiger partial charge >= 0.3 is 0 Å². The van der Waals surface area contributed by atoms with Gasteiger partial charge in [0.05, 0.1) is 0 Å². The molecule has 21 heavy (non-hydrogen) atoms. The molecule has 2 N–H and O–H groups in total. The maximum Gasteiger partial charge on any atom is 0.0323 e. The van der Waals surface area contributed by atoms with Gasteiger partial charge < -0.3 is 5.73 Å². The first kappa shape index (κ1) is 16.5. The number of rotatable bonds is 7. The van der Waals surface area contributed by atoms with Crippen LogP contribution in [0.1, 0.15) is 82.4 Å². The lowest BCUT2D eigenvalue weighted by Crippen LogP contribution is -2.26. The fourth-order valence-corrected chi connectivity index (χ4v) is 3.80. The molecule has 0 aromatic heterocycles. The first-order valence-corrected chi connectivity index (χ1v) is 9.09. The topological polar surface area (TPSA) is 26.0 Å². The van der Waals surface area contributed by atoms with E-state index in [-0.39, 0.29) is 6.04 Å². The summed E-state index contributed by atoms with van der Waals surface area (Å²) >= 11 is 0. The molecule has 0 bridgehead atoms. The smallest absolute Gasteiger partial charge is 0.0323 e. The van der Waals surface area contributed by atoms with Gasteiger partial charge in [0.1, 0.15) is 0 Å². The SMILES string of the molecule is CCCCC1CCC(C(N)c2ccc(CCC)cc2)CC1. The molecule has 1 nitrogen and oxygen atoms in total. The van der Waals surface area contributed by atoms with Crippen molar-refractivity contribution in [3.05, 3.63) is 35.4 Å². The van der Waals surface area contributed by atoms with Crippen LogP contribution in [0.15, 0.2) is 24.3 Å². The third-order valence-corrected chi connectivity index (χ3v) is 5.27. The Morgan fingerprint density at radius 2 is 1.67 bits per heavy atom. The van der Waals surface area contributed by atoms with Crippen molar-refractivity contribution in [3.8, 4) is 0 Å². The van der Waals surface area contributed by atoms with Crippen LogP contribution in [0.2, 0.25) is 0 Å². The van der Waals surface area contributed by atoms with Gasteiger partial charge in [0.2, 0.25) is 0 Å². The van der Waals surface area contributed by atoms with Crippen molar-refractivity contribution < 1.29 is 0 Å². The van der Waals surface area contributed by atoms with Crippen LogP contribution in [0.5, 0.6) is 0 Å². The molecule has 0 amide bonds. The van der Waals surface area contributed by atoms with E-state index in [4.69, 9.17) is 5.73 Å². The molecule has 1 aromatic rings. The van der Waals surface area contributed by atoms with Crippen LogP contribution in [0.4, 0.5) is 0 Å². The molecule has 1 aliphatic carbocycles. The van der Waals surface area contributed by atoms with Gasteiger partial charge in [-0.3, -0.25) is 0 Å². The minimum absolute atomic E-state index is 0.243. The van der Waals surface area contributed by atoms with Gasteiger partial charge in [0, 0.05) is 6.04 Å². The van der Waals surface area contributed by atoms with E-state index in [9.17, 15) is 0 Å². The highest BCUT2D eigenvalue weighted by atomic mass is 14.7. The summed E-state index contributed by atoms with van der Waals surface area (Å²) in [5, 5.41) is 0. The van der Waals surface area contributed by atoms with E-state index in [0.29, 0.717) is 5.92 Å². The standard InChI is InChI=1S/C20H33N/c1-3-5-7-17-10-14-19(15-11-17)20(21)18-12-8-16(6-4-2)9-13-18/h8-9,12-13,17,19-20H,3-7,10-11,14-15,21H2,1-2H3. The Balaban J connectivity index is 1.84. The zero-order valence-corrected chi connectivity index (χ0v) is 14.0. The number of hydrogen-bond donors (Lipinski definition) is 1. The Morgan fingerprint density at radius 3 is 2.24 bits per heavy atom. The highest BCUT2D eigenvalue weighted by Crippen LogP contribution is 2.37. The average Bonchev–Trinajstić information content (AvgIpc) is 2.54. The van der Waals surface area contributed by atoms with Gasteiger partial charge in [-0.05, 0) is 42.2 Å². The van der Waals surface area contributed by atoms with Gasteiger partial charge in [-0.15, -0.1) is 0 Å². The van der Waals surface area contributed by atoms with Crippen molar-refractivity contribution >= 4 is 0 Å². The van der Waals surface area contributed by atoms with Crippen LogP contribution in [-0.4, -0.2) is 0 Å². The average molecular weight is 287 g/mol. The van der Waals surface area contributed by atoms with E-state index in [1.165, 1.54) is 68.9 Å². The lowest BCUT2D eigenvalue weighted by molar-refractivity contribution is 0.232. The Kier molecular flexibility index (Phi) is 6.76. The maximum atomic E-state index is 6.54. The van der Waals surface area contributed by atoms with Crippen molar-refractivity contribution in [1.82, 2.24) is 0 Å². The molecule has 0 heterocycles. The van der Waals surface area contributed by atoms with E-state index in [0.717, 1.165) is 5.92 Å². The zero-order valence-electron chi connectivity index (χ0n) is 14.0. The molecule has 118 valence electrons. The summed E-state index contributed by atoms with van der Waals surface area (Å²) in [6.45, 7) is 4.53. The Bertz CT molecular complexity index is 387. The van der Waals surface area contributed by atoms with E-state index < -0.39 is 0 Å². The molecule has 1 unspecified atom stereocenters. The third-order valence-electron chi connectivity index (χ3n) is 5.27. The summed E-state index contributed by atoms with van der Waals surface area (Å²) in [6, 6.07) is 9.31. The molecular weight excluding hydrogens is 254 g/mol. The quantitative estimate of drug-likeness (QED) is 0.690. The summed E-state index contributed by atoms with van der Waals surface area (Å²) < 4.78 is 0. The van der Waals surface area contributed by atoms with Crippen molar-refractivity contribution in [2.45, 2.75) is 77.7 Å². The van der Waals surface area contributed by atoms with Gasteiger partial charge in [-0.2, -0.15) is 0 Å². The second-order valence-corrected chi connectivity index (χ2v) is 6.94. The fraction of sp³-hybridized carbons (Fsp3) is 0.700. The molecular formula is C20H33N. The minimum Gasteiger partial charge on any atom is -0.324 e.